The van der Waals surface area contributed by atoms with E-state index in [1.165, 1.54) is 16.3 Å². The summed E-state index contributed by atoms with van der Waals surface area (Å²) in [6.07, 6.45) is 3.68. The summed E-state index contributed by atoms with van der Waals surface area (Å²) >= 11 is 0. The number of hydrogen-bond donors (Lipinski definition) is 0. The minimum Gasteiger partial charge on any atom is -0.332 e. The van der Waals surface area contributed by atoms with Crippen LogP contribution < -0.4 is 0 Å². The van der Waals surface area contributed by atoms with Gasteiger partial charge in [-0.3, -0.25) is 9.97 Å². The van der Waals surface area contributed by atoms with Crippen molar-refractivity contribution in [2.24, 2.45) is 0 Å². The zero-order valence-corrected chi connectivity index (χ0v) is 16.3. The van der Waals surface area contributed by atoms with Crippen LogP contribution >= 0.6 is 0 Å². The number of hydrogen-bond acceptors (Lipinski definition) is 2. The van der Waals surface area contributed by atoms with E-state index < -0.39 is 0 Å². The number of aromatic nitrogens is 3. The molecule has 5 aromatic rings. The van der Waals surface area contributed by atoms with Gasteiger partial charge in [0.2, 0.25) is 0 Å². The number of benzene rings is 2. The van der Waals surface area contributed by atoms with Crippen molar-refractivity contribution in [3.63, 3.8) is 0 Å². The van der Waals surface area contributed by atoms with Crippen LogP contribution in [-0.2, 0) is 20.1 Å². The minimum atomic E-state index is 0. The molecule has 0 amide bonds. The zero-order valence-electron chi connectivity index (χ0n) is 13.9. The van der Waals surface area contributed by atoms with Gasteiger partial charge in [0.1, 0.15) is 0 Å². The first-order chi connectivity index (χ1) is 11.7. The zero-order chi connectivity index (χ0) is 16.3. The molecule has 0 atom stereocenters. The van der Waals surface area contributed by atoms with Gasteiger partial charge in [-0.15, -0.1) is 29.7 Å². The molecule has 0 aliphatic heterocycles. The first kappa shape index (κ1) is 16.2. The van der Waals surface area contributed by atoms with Crippen LogP contribution in [0.5, 0.6) is 0 Å². The Labute approximate surface area is 159 Å². The van der Waals surface area contributed by atoms with E-state index in [0.717, 1.165) is 27.6 Å². The van der Waals surface area contributed by atoms with Crippen molar-refractivity contribution in [2.45, 2.75) is 19.8 Å². The molecule has 0 unspecified atom stereocenters. The van der Waals surface area contributed by atoms with E-state index in [2.05, 4.69) is 53.6 Å². The Balaban J connectivity index is 0.00000157. The molecule has 2 aromatic carbocycles. The van der Waals surface area contributed by atoms with Gasteiger partial charge in [-0.1, -0.05) is 31.4 Å². The van der Waals surface area contributed by atoms with Crippen LogP contribution in [0.25, 0.3) is 38.4 Å². The number of imidazole rings is 1. The average molecular weight is 503 g/mol. The molecule has 25 heavy (non-hydrogen) atoms. The molecule has 0 fully saturated rings. The van der Waals surface area contributed by atoms with Gasteiger partial charge in [0.05, 0.1) is 22.9 Å². The molecule has 0 bridgehead atoms. The van der Waals surface area contributed by atoms with Crippen LogP contribution in [0, 0.1) is 6.07 Å². The Morgan fingerprint density at radius 1 is 1.04 bits per heavy atom. The molecule has 0 aliphatic carbocycles. The second-order valence-corrected chi connectivity index (χ2v) is 6.53. The number of rotatable bonds is 1. The largest absolute Gasteiger partial charge is 0.332 e. The number of nitrogens with zero attached hydrogens (tertiary/aromatic N) is 3. The molecule has 125 valence electrons. The minimum absolute atomic E-state index is 0. The molecule has 3 nitrogen and oxygen atoms in total. The second kappa shape index (κ2) is 5.90. The fourth-order valence-corrected chi connectivity index (χ4v) is 3.51. The third-order valence-corrected chi connectivity index (χ3v) is 4.75. The summed E-state index contributed by atoms with van der Waals surface area (Å²) in [5.74, 6) is 0.494. The molecule has 0 spiro atoms. The Morgan fingerprint density at radius 2 is 1.92 bits per heavy atom. The summed E-state index contributed by atoms with van der Waals surface area (Å²) in [5, 5.41) is 3.50. The van der Waals surface area contributed by atoms with Crippen molar-refractivity contribution >= 4 is 38.4 Å². The molecular weight excluding hydrogens is 486 g/mol. The standard InChI is InChI=1S/C21H16N3.Ir/c1-13(2)14-7-8-19-17(11-14)15-5-3-4-6-16(15)21-23-18-9-10-22-12-20(18)24(19)21;/h3-5,7-13H,1-2H3;/q-1;. The van der Waals surface area contributed by atoms with E-state index in [-0.39, 0.29) is 20.1 Å². The molecule has 4 heteroatoms. The summed E-state index contributed by atoms with van der Waals surface area (Å²) < 4.78 is 2.21. The van der Waals surface area contributed by atoms with Crippen molar-refractivity contribution in [2.75, 3.05) is 0 Å². The maximum absolute atomic E-state index is 4.84. The molecular formula is C21H16IrN3-. The van der Waals surface area contributed by atoms with Gasteiger partial charge in [0.15, 0.2) is 0 Å². The van der Waals surface area contributed by atoms with E-state index in [9.17, 15) is 0 Å². The van der Waals surface area contributed by atoms with E-state index in [1.807, 2.05) is 24.4 Å². The molecule has 3 heterocycles. The van der Waals surface area contributed by atoms with Gasteiger partial charge < -0.3 is 4.40 Å². The molecule has 0 N–H and O–H groups in total. The Kier molecular flexibility index (Phi) is 3.82. The first-order valence-electron chi connectivity index (χ1n) is 8.22. The van der Waals surface area contributed by atoms with Gasteiger partial charge in [-0.2, -0.15) is 0 Å². The molecule has 3 aromatic heterocycles. The molecule has 1 radical (unpaired) electrons. The Bertz CT molecular complexity index is 1240. The number of pyridine rings is 2. The van der Waals surface area contributed by atoms with Crippen molar-refractivity contribution < 1.29 is 20.1 Å². The van der Waals surface area contributed by atoms with Crippen LogP contribution in [0.3, 0.4) is 0 Å². The second-order valence-electron chi connectivity index (χ2n) is 6.53. The maximum Gasteiger partial charge on any atom is 0.0821 e. The summed E-state index contributed by atoms with van der Waals surface area (Å²) in [7, 11) is 0. The van der Waals surface area contributed by atoms with E-state index in [4.69, 9.17) is 4.98 Å². The van der Waals surface area contributed by atoms with Gasteiger partial charge in [-0.25, -0.2) is 0 Å². The van der Waals surface area contributed by atoms with Gasteiger partial charge in [0.25, 0.3) is 0 Å². The number of fused-ring (bicyclic) bond motifs is 8. The maximum atomic E-state index is 4.84. The van der Waals surface area contributed by atoms with Crippen molar-refractivity contribution in [3.05, 3.63) is 66.5 Å². The molecule has 0 aliphatic rings. The molecule has 0 saturated heterocycles. The third kappa shape index (κ3) is 2.29. The van der Waals surface area contributed by atoms with Crippen LogP contribution in [0.1, 0.15) is 25.3 Å². The fraction of sp³-hybridized carbons (Fsp3) is 0.143. The van der Waals surface area contributed by atoms with E-state index in [1.54, 1.807) is 6.20 Å². The summed E-state index contributed by atoms with van der Waals surface area (Å²) in [5.41, 5.74) is 5.45. The van der Waals surface area contributed by atoms with Crippen LogP contribution in [0.15, 0.2) is 54.9 Å². The fourth-order valence-electron chi connectivity index (χ4n) is 3.51. The first-order valence-corrected chi connectivity index (χ1v) is 8.22. The quantitative estimate of drug-likeness (QED) is 0.236. The normalized spacial score (nSPS) is 11.6. The van der Waals surface area contributed by atoms with Crippen LogP contribution in [0.4, 0.5) is 0 Å². The van der Waals surface area contributed by atoms with Crippen molar-refractivity contribution in [1.82, 2.24) is 14.4 Å². The Hall–Kier alpha value is -2.29. The van der Waals surface area contributed by atoms with E-state index >= 15 is 0 Å². The van der Waals surface area contributed by atoms with Crippen LogP contribution in [0.2, 0.25) is 0 Å². The average Bonchev–Trinajstić information content (AvgIpc) is 3.01. The molecule has 0 saturated carbocycles. The monoisotopic (exact) mass is 503 g/mol. The topological polar surface area (TPSA) is 30.2 Å². The predicted octanol–water partition coefficient (Wildman–Crippen LogP) is 5.11. The molecule has 5 rings (SSSR count). The summed E-state index contributed by atoms with van der Waals surface area (Å²) in [4.78, 5) is 9.14. The van der Waals surface area contributed by atoms with Gasteiger partial charge in [0, 0.05) is 31.8 Å². The van der Waals surface area contributed by atoms with Crippen molar-refractivity contribution in [1.29, 1.82) is 0 Å². The smallest absolute Gasteiger partial charge is 0.0821 e. The Morgan fingerprint density at radius 3 is 2.76 bits per heavy atom. The van der Waals surface area contributed by atoms with Crippen LogP contribution in [-0.4, -0.2) is 14.4 Å². The van der Waals surface area contributed by atoms with Crippen molar-refractivity contribution in [3.8, 4) is 0 Å². The predicted molar refractivity (Wildman–Crippen MR) is 98.4 cm³/mol. The summed E-state index contributed by atoms with van der Waals surface area (Å²) in [6, 6.07) is 18.2. The van der Waals surface area contributed by atoms with Gasteiger partial charge >= 0.3 is 0 Å². The van der Waals surface area contributed by atoms with Gasteiger partial charge in [-0.05, 0) is 29.0 Å². The SMILES string of the molecule is CC(C)c1ccc2c(c1)c1ccc[c-]c1c1nc3ccncc3n21.[Ir]. The van der Waals surface area contributed by atoms with E-state index in [0.29, 0.717) is 5.92 Å². The third-order valence-electron chi connectivity index (χ3n) is 4.75. The summed E-state index contributed by atoms with van der Waals surface area (Å²) in [6.45, 7) is 4.45.